The molecule has 4 nitrogen and oxygen atoms in total. The molecule has 1 aliphatic heterocycles. The Labute approximate surface area is 158 Å². The number of benzene rings is 2. The van der Waals surface area contributed by atoms with Crippen LogP contribution in [0.5, 0.6) is 0 Å². The monoisotopic (exact) mass is 386 g/mol. The summed E-state index contributed by atoms with van der Waals surface area (Å²) in [7, 11) is -3.62. The molecule has 0 spiro atoms. The minimum Gasteiger partial charge on any atom is -0.348 e. The molecule has 0 bridgehead atoms. The molecule has 0 fully saturated rings. The van der Waals surface area contributed by atoms with Crippen molar-refractivity contribution in [1.29, 1.82) is 0 Å². The minimum atomic E-state index is -3.62. The average molecular weight is 387 g/mol. The van der Waals surface area contributed by atoms with Crippen LogP contribution in [0.1, 0.15) is 22.9 Å². The predicted molar refractivity (Wildman–Crippen MR) is 103 cm³/mol. The molecule has 0 radical (unpaired) electrons. The van der Waals surface area contributed by atoms with Crippen molar-refractivity contribution >= 4 is 21.6 Å². The van der Waals surface area contributed by atoms with E-state index in [0.717, 1.165) is 16.8 Å². The molecule has 1 aliphatic rings. The number of halogens is 1. The van der Waals surface area contributed by atoms with Crippen LogP contribution < -0.4 is 0 Å². The van der Waals surface area contributed by atoms with Gasteiger partial charge in [-0.05, 0) is 48.9 Å². The molecule has 26 heavy (non-hydrogen) atoms. The Balaban J connectivity index is 1.83. The van der Waals surface area contributed by atoms with Crippen molar-refractivity contribution in [2.75, 3.05) is 6.54 Å². The quantitative estimate of drug-likeness (QED) is 0.675. The molecule has 0 amide bonds. The molecule has 0 saturated carbocycles. The molecular formula is C20H19ClN2O2S. The van der Waals surface area contributed by atoms with Gasteiger partial charge in [-0.15, -0.1) is 0 Å². The third-order valence-corrected chi connectivity index (χ3v) is 6.94. The van der Waals surface area contributed by atoms with E-state index in [1.807, 2.05) is 49.5 Å². The second-order valence-corrected chi connectivity index (χ2v) is 8.84. The van der Waals surface area contributed by atoms with Crippen LogP contribution in [-0.2, 0) is 16.6 Å². The first-order chi connectivity index (χ1) is 12.5. The molecule has 1 unspecified atom stereocenters. The van der Waals surface area contributed by atoms with Crippen LogP contribution in [0.3, 0.4) is 0 Å². The van der Waals surface area contributed by atoms with Gasteiger partial charge in [0.25, 0.3) is 0 Å². The molecule has 6 heteroatoms. The number of sulfonamides is 1. The summed E-state index contributed by atoms with van der Waals surface area (Å²) in [6.45, 7) is 3.00. The van der Waals surface area contributed by atoms with E-state index >= 15 is 0 Å². The second kappa shape index (κ2) is 6.58. The van der Waals surface area contributed by atoms with E-state index in [2.05, 4.69) is 4.57 Å². The van der Waals surface area contributed by atoms with Gasteiger partial charge in [0.1, 0.15) is 0 Å². The Morgan fingerprint density at radius 2 is 1.65 bits per heavy atom. The first-order valence-corrected chi connectivity index (χ1v) is 10.3. The van der Waals surface area contributed by atoms with Gasteiger partial charge in [0.2, 0.25) is 10.0 Å². The molecule has 2 aromatic carbocycles. The Bertz CT molecular complexity index is 1020. The normalized spacial score (nSPS) is 17.8. The average Bonchev–Trinajstić information content (AvgIpc) is 3.11. The van der Waals surface area contributed by atoms with Crippen molar-refractivity contribution < 1.29 is 8.42 Å². The maximum atomic E-state index is 13.4. The van der Waals surface area contributed by atoms with Crippen molar-refractivity contribution in [3.8, 4) is 0 Å². The largest absolute Gasteiger partial charge is 0.348 e. The standard InChI is InChI=1S/C20H19ClN2O2S/c1-15-4-10-18(11-5-15)26(24,25)23-14-13-22-12-2-3-19(22)20(23)16-6-8-17(21)9-7-16/h2-12,20H,13-14H2,1H3. The van der Waals surface area contributed by atoms with Gasteiger partial charge in [-0.25, -0.2) is 8.42 Å². The van der Waals surface area contributed by atoms with Gasteiger partial charge in [0, 0.05) is 30.0 Å². The molecule has 134 valence electrons. The van der Waals surface area contributed by atoms with E-state index in [9.17, 15) is 8.42 Å². The third-order valence-electron chi connectivity index (χ3n) is 4.81. The molecule has 2 heterocycles. The van der Waals surface area contributed by atoms with Crippen LogP contribution in [0.15, 0.2) is 71.8 Å². The zero-order chi connectivity index (χ0) is 18.3. The number of hydrogen-bond acceptors (Lipinski definition) is 2. The van der Waals surface area contributed by atoms with Crippen LogP contribution >= 0.6 is 11.6 Å². The molecule has 1 aromatic heterocycles. The summed E-state index contributed by atoms with van der Waals surface area (Å²) >= 11 is 6.03. The van der Waals surface area contributed by atoms with E-state index in [-0.39, 0.29) is 6.04 Å². The van der Waals surface area contributed by atoms with Crippen molar-refractivity contribution in [3.63, 3.8) is 0 Å². The van der Waals surface area contributed by atoms with Crippen molar-refractivity contribution in [2.45, 2.75) is 24.4 Å². The number of nitrogens with zero attached hydrogens (tertiary/aromatic N) is 2. The van der Waals surface area contributed by atoms with E-state index in [4.69, 9.17) is 11.6 Å². The molecule has 1 atom stereocenters. The Kier molecular flexibility index (Phi) is 4.39. The smallest absolute Gasteiger partial charge is 0.244 e. The number of rotatable bonds is 3. The number of fused-ring (bicyclic) bond motifs is 1. The van der Waals surface area contributed by atoms with E-state index in [1.165, 1.54) is 0 Å². The fourth-order valence-corrected chi connectivity index (χ4v) is 5.15. The summed E-state index contributed by atoms with van der Waals surface area (Å²) in [5, 5.41) is 0.632. The zero-order valence-corrected chi connectivity index (χ0v) is 15.9. The predicted octanol–water partition coefficient (Wildman–Crippen LogP) is 4.24. The topological polar surface area (TPSA) is 42.3 Å². The first kappa shape index (κ1) is 17.3. The van der Waals surface area contributed by atoms with Crippen LogP contribution in [0, 0.1) is 6.92 Å². The Morgan fingerprint density at radius 1 is 0.962 bits per heavy atom. The molecule has 4 rings (SSSR count). The third kappa shape index (κ3) is 2.96. The van der Waals surface area contributed by atoms with Gasteiger partial charge in [-0.2, -0.15) is 4.31 Å². The molecule has 0 saturated heterocycles. The maximum absolute atomic E-state index is 13.4. The molecule has 0 aliphatic carbocycles. The Morgan fingerprint density at radius 3 is 2.35 bits per heavy atom. The highest BCUT2D eigenvalue weighted by atomic mass is 35.5. The lowest BCUT2D eigenvalue weighted by atomic mass is 10.0. The summed E-state index contributed by atoms with van der Waals surface area (Å²) in [4.78, 5) is 0.321. The van der Waals surface area contributed by atoms with Gasteiger partial charge in [-0.1, -0.05) is 41.4 Å². The van der Waals surface area contributed by atoms with Crippen molar-refractivity contribution in [3.05, 3.63) is 88.7 Å². The lowest BCUT2D eigenvalue weighted by Crippen LogP contribution is -2.42. The number of hydrogen-bond donors (Lipinski definition) is 0. The summed E-state index contributed by atoms with van der Waals surface area (Å²) < 4.78 is 30.4. The fourth-order valence-electron chi connectivity index (χ4n) is 3.45. The van der Waals surface area contributed by atoms with Gasteiger partial charge < -0.3 is 4.57 Å². The van der Waals surface area contributed by atoms with Crippen molar-refractivity contribution in [1.82, 2.24) is 8.87 Å². The maximum Gasteiger partial charge on any atom is 0.244 e. The minimum absolute atomic E-state index is 0.321. The highest BCUT2D eigenvalue weighted by Gasteiger charge is 2.37. The van der Waals surface area contributed by atoms with Crippen LogP contribution in [0.2, 0.25) is 5.02 Å². The van der Waals surface area contributed by atoms with Gasteiger partial charge in [0.15, 0.2) is 0 Å². The summed E-state index contributed by atoms with van der Waals surface area (Å²) in [6, 6.07) is 18.0. The van der Waals surface area contributed by atoms with E-state index < -0.39 is 10.0 Å². The van der Waals surface area contributed by atoms with Gasteiger partial charge >= 0.3 is 0 Å². The number of aryl methyl sites for hydroxylation is 1. The molecule has 3 aromatic rings. The SMILES string of the molecule is Cc1ccc(S(=O)(=O)N2CCn3cccc3C2c2ccc(Cl)cc2)cc1. The summed E-state index contributed by atoms with van der Waals surface area (Å²) in [5.41, 5.74) is 2.91. The highest BCUT2D eigenvalue weighted by Crippen LogP contribution is 2.36. The van der Waals surface area contributed by atoms with E-state index in [0.29, 0.717) is 23.0 Å². The van der Waals surface area contributed by atoms with E-state index in [1.54, 1.807) is 28.6 Å². The second-order valence-electron chi connectivity index (χ2n) is 6.51. The molecular weight excluding hydrogens is 368 g/mol. The van der Waals surface area contributed by atoms with Crippen LogP contribution in [-0.4, -0.2) is 23.8 Å². The molecule has 0 N–H and O–H groups in total. The van der Waals surface area contributed by atoms with Crippen LogP contribution in [0.25, 0.3) is 0 Å². The zero-order valence-electron chi connectivity index (χ0n) is 14.3. The van der Waals surface area contributed by atoms with Crippen molar-refractivity contribution in [2.24, 2.45) is 0 Å². The highest BCUT2D eigenvalue weighted by molar-refractivity contribution is 7.89. The first-order valence-electron chi connectivity index (χ1n) is 8.46. The summed E-state index contributed by atoms with van der Waals surface area (Å²) in [5.74, 6) is 0. The number of aromatic nitrogens is 1. The lowest BCUT2D eigenvalue weighted by Gasteiger charge is -2.36. The van der Waals surface area contributed by atoms with Crippen LogP contribution in [0.4, 0.5) is 0 Å². The van der Waals surface area contributed by atoms with Gasteiger partial charge in [-0.3, -0.25) is 0 Å². The Hall–Kier alpha value is -2.08. The fraction of sp³-hybridized carbons (Fsp3) is 0.200. The lowest BCUT2D eigenvalue weighted by molar-refractivity contribution is 0.298. The van der Waals surface area contributed by atoms with Gasteiger partial charge in [0.05, 0.1) is 10.9 Å². The summed E-state index contributed by atoms with van der Waals surface area (Å²) in [6.07, 6.45) is 1.99.